The first-order valence-electron chi connectivity index (χ1n) is 12.9. The minimum atomic E-state index is -0.482. The molecule has 2 aliphatic rings. The van der Waals surface area contributed by atoms with Gasteiger partial charge in [-0.2, -0.15) is 0 Å². The standard InChI is InChI=1S/C29H24I2N4O6S/c30-23-14-20(15-24(31)27(23)41-18-19-6-8-22(9-7-19)35(39)40)16-25-28(37)34(29(38)42-25)17-26(36)33-12-10-32(11-13-33)21-4-2-1-3-5-21/h1-9,14-16H,10-13,17-18H2/b25-16+. The second-order valence-electron chi connectivity index (χ2n) is 9.50. The van der Waals surface area contributed by atoms with Crippen LogP contribution in [0.5, 0.6) is 5.75 Å². The highest BCUT2D eigenvalue weighted by molar-refractivity contribution is 14.1. The van der Waals surface area contributed by atoms with Crippen LogP contribution in [0.15, 0.2) is 71.6 Å². The van der Waals surface area contributed by atoms with E-state index in [1.807, 2.05) is 42.5 Å². The Bertz CT molecular complexity index is 1540. The number of carbonyl (C=O) groups excluding carboxylic acids is 3. The zero-order valence-electron chi connectivity index (χ0n) is 22.1. The highest BCUT2D eigenvalue weighted by atomic mass is 127. The Morgan fingerprint density at radius 3 is 2.24 bits per heavy atom. The molecule has 0 bridgehead atoms. The minimum absolute atomic E-state index is 0.0164. The summed E-state index contributed by atoms with van der Waals surface area (Å²) in [6.45, 7) is 2.37. The number of rotatable bonds is 8. The van der Waals surface area contributed by atoms with E-state index in [0.717, 1.165) is 40.6 Å². The first-order chi connectivity index (χ1) is 20.2. The lowest BCUT2D eigenvalue weighted by Gasteiger charge is -2.36. The van der Waals surface area contributed by atoms with Crippen molar-refractivity contribution in [3.8, 4) is 5.75 Å². The smallest absolute Gasteiger partial charge is 0.294 e. The average molecular weight is 810 g/mol. The fraction of sp³-hybridized carbons (Fsp3) is 0.207. The summed E-state index contributed by atoms with van der Waals surface area (Å²) in [4.78, 5) is 54.4. The van der Waals surface area contributed by atoms with E-state index in [9.17, 15) is 24.5 Å². The van der Waals surface area contributed by atoms with Gasteiger partial charge in [0, 0.05) is 44.0 Å². The number of nitro benzene ring substituents is 1. The number of nitro groups is 1. The van der Waals surface area contributed by atoms with E-state index in [4.69, 9.17) is 4.74 Å². The Balaban J connectivity index is 1.19. The first-order valence-corrected chi connectivity index (χ1v) is 15.9. The molecule has 10 nitrogen and oxygen atoms in total. The SMILES string of the molecule is O=C(CN1C(=O)S/C(=C/c2cc(I)c(OCc3ccc([N+](=O)[O-])cc3)c(I)c2)C1=O)N1CCN(c2ccccc2)CC1. The molecule has 3 amide bonds. The van der Waals surface area contributed by atoms with Crippen molar-refractivity contribution >= 4 is 91.4 Å². The molecule has 0 aliphatic carbocycles. The lowest BCUT2D eigenvalue weighted by Crippen LogP contribution is -2.51. The summed E-state index contributed by atoms with van der Waals surface area (Å²) < 4.78 is 7.59. The molecule has 0 atom stereocenters. The van der Waals surface area contributed by atoms with Crippen molar-refractivity contribution in [2.24, 2.45) is 0 Å². The number of thioether (sulfide) groups is 1. The normalized spacial score (nSPS) is 16.3. The molecule has 13 heteroatoms. The Morgan fingerprint density at radius 1 is 0.976 bits per heavy atom. The van der Waals surface area contributed by atoms with Crippen LogP contribution in [-0.4, -0.2) is 64.5 Å². The molecule has 216 valence electrons. The summed E-state index contributed by atoms with van der Waals surface area (Å²) in [7, 11) is 0. The maximum Gasteiger partial charge on any atom is 0.294 e. The minimum Gasteiger partial charge on any atom is -0.487 e. The third kappa shape index (κ3) is 7.06. The van der Waals surface area contributed by atoms with Gasteiger partial charge in [0.1, 0.15) is 18.9 Å². The monoisotopic (exact) mass is 810 g/mol. The molecule has 2 fully saturated rings. The third-order valence-electron chi connectivity index (χ3n) is 6.77. The van der Waals surface area contributed by atoms with Gasteiger partial charge >= 0.3 is 0 Å². The number of amides is 3. The number of non-ortho nitro benzene ring substituents is 1. The molecule has 3 aromatic carbocycles. The summed E-state index contributed by atoms with van der Waals surface area (Å²) in [5, 5.41) is 10.4. The van der Waals surface area contributed by atoms with Crippen LogP contribution in [0.1, 0.15) is 11.1 Å². The van der Waals surface area contributed by atoms with Gasteiger partial charge < -0.3 is 14.5 Å². The van der Waals surface area contributed by atoms with Gasteiger partial charge in [0.15, 0.2) is 0 Å². The molecular formula is C29H24I2N4O6S. The highest BCUT2D eigenvalue weighted by Gasteiger charge is 2.37. The number of ether oxygens (including phenoxy) is 1. The molecule has 2 aliphatic heterocycles. The van der Waals surface area contributed by atoms with E-state index in [-0.39, 0.29) is 29.7 Å². The number of hydrogen-bond acceptors (Lipinski definition) is 8. The van der Waals surface area contributed by atoms with E-state index in [1.54, 1.807) is 23.1 Å². The second kappa shape index (κ2) is 13.4. The number of anilines is 1. The first kappa shape index (κ1) is 30.3. The van der Waals surface area contributed by atoms with E-state index in [0.29, 0.717) is 31.9 Å². The van der Waals surface area contributed by atoms with Gasteiger partial charge in [-0.15, -0.1) is 0 Å². The molecule has 3 aromatic rings. The van der Waals surface area contributed by atoms with Gasteiger partial charge in [-0.1, -0.05) is 18.2 Å². The predicted octanol–water partition coefficient (Wildman–Crippen LogP) is 5.77. The molecule has 0 spiro atoms. The van der Waals surface area contributed by atoms with Crippen molar-refractivity contribution in [2.75, 3.05) is 37.6 Å². The van der Waals surface area contributed by atoms with Crippen LogP contribution < -0.4 is 9.64 Å². The summed E-state index contributed by atoms with van der Waals surface area (Å²) >= 11 is 5.11. The topological polar surface area (TPSA) is 113 Å². The quantitative estimate of drug-likeness (QED) is 0.122. The zero-order valence-corrected chi connectivity index (χ0v) is 27.2. The van der Waals surface area contributed by atoms with Crippen LogP contribution in [0.3, 0.4) is 0 Å². The molecule has 5 rings (SSSR count). The van der Waals surface area contributed by atoms with Gasteiger partial charge in [0.05, 0.1) is 17.0 Å². The molecule has 0 unspecified atom stereocenters. The number of halogens is 2. The van der Waals surface area contributed by atoms with Crippen molar-refractivity contribution < 1.29 is 24.0 Å². The maximum atomic E-state index is 13.1. The van der Waals surface area contributed by atoms with Crippen LogP contribution >= 0.6 is 56.9 Å². The van der Waals surface area contributed by atoms with Crippen LogP contribution in [0.4, 0.5) is 16.2 Å². The highest BCUT2D eigenvalue weighted by Crippen LogP contribution is 2.35. The van der Waals surface area contributed by atoms with Gasteiger partial charge in [-0.05, 0) is 111 Å². The van der Waals surface area contributed by atoms with Crippen molar-refractivity contribution in [1.29, 1.82) is 0 Å². The second-order valence-corrected chi connectivity index (χ2v) is 12.8. The molecule has 42 heavy (non-hydrogen) atoms. The molecule has 0 N–H and O–H groups in total. The number of para-hydroxylation sites is 1. The van der Waals surface area contributed by atoms with Gasteiger partial charge in [0.25, 0.3) is 16.8 Å². The molecule has 0 aromatic heterocycles. The molecule has 2 heterocycles. The number of hydrogen-bond donors (Lipinski definition) is 0. The molecule has 0 saturated carbocycles. The van der Waals surface area contributed by atoms with E-state index < -0.39 is 16.1 Å². The summed E-state index contributed by atoms with van der Waals surface area (Å²) in [6.07, 6.45) is 1.65. The van der Waals surface area contributed by atoms with Crippen LogP contribution in [0, 0.1) is 17.3 Å². The molecular weight excluding hydrogens is 786 g/mol. The average Bonchev–Trinajstić information content (AvgIpc) is 3.24. The summed E-state index contributed by atoms with van der Waals surface area (Å²) in [5.41, 5.74) is 2.63. The van der Waals surface area contributed by atoms with Crippen LogP contribution in [0.2, 0.25) is 0 Å². The Labute approximate surface area is 273 Å². The Kier molecular flexibility index (Phi) is 9.67. The number of imide groups is 1. The van der Waals surface area contributed by atoms with Gasteiger partial charge in [0.2, 0.25) is 5.91 Å². The molecule has 2 saturated heterocycles. The van der Waals surface area contributed by atoms with Crippen molar-refractivity contribution in [2.45, 2.75) is 6.61 Å². The lowest BCUT2D eigenvalue weighted by molar-refractivity contribution is -0.384. The van der Waals surface area contributed by atoms with E-state index in [1.165, 1.54) is 12.1 Å². The third-order valence-corrected chi connectivity index (χ3v) is 9.28. The van der Waals surface area contributed by atoms with Crippen molar-refractivity contribution in [3.05, 3.63) is 100 Å². The Morgan fingerprint density at radius 2 is 1.62 bits per heavy atom. The van der Waals surface area contributed by atoms with Gasteiger partial charge in [-0.3, -0.25) is 29.4 Å². The Hall–Kier alpha value is -3.18. The fourth-order valence-corrected chi connectivity index (χ4v) is 7.51. The zero-order chi connectivity index (χ0) is 29.8. The van der Waals surface area contributed by atoms with Crippen LogP contribution in [0.25, 0.3) is 6.08 Å². The fourth-order valence-electron chi connectivity index (χ4n) is 4.55. The number of carbonyl (C=O) groups is 3. The van der Waals surface area contributed by atoms with E-state index >= 15 is 0 Å². The molecule has 0 radical (unpaired) electrons. The maximum absolute atomic E-state index is 13.1. The predicted molar refractivity (Wildman–Crippen MR) is 177 cm³/mol. The lowest BCUT2D eigenvalue weighted by atomic mass is 10.2. The summed E-state index contributed by atoms with van der Waals surface area (Å²) in [5.74, 6) is -0.0765. The van der Waals surface area contributed by atoms with Crippen LogP contribution in [-0.2, 0) is 16.2 Å². The number of benzene rings is 3. The van der Waals surface area contributed by atoms with E-state index in [2.05, 4.69) is 50.1 Å². The largest absolute Gasteiger partial charge is 0.487 e. The number of piperazine rings is 1. The van der Waals surface area contributed by atoms with Gasteiger partial charge in [-0.25, -0.2) is 0 Å². The summed E-state index contributed by atoms with van der Waals surface area (Å²) in [6, 6.07) is 19.9. The van der Waals surface area contributed by atoms with Crippen molar-refractivity contribution in [3.63, 3.8) is 0 Å². The number of nitrogens with zero attached hydrogens (tertiary/aromatic N) is 4. The van der Waals surface area contributed by atoms with Crippen molar-refractivity contribution in [1.82, 2.24) is 9.80 Å².